The van der Waals surface area contributed by atoms with E-state index in [4.69, 9.17) is 0 Å². The molecule has 0 atom stereocenters. The van der Waals surface area contributed by atoms with Gasteiger partial charge in [0.25, 0.3) is 11.8 Å². The largest absolute Gasteiger partial charge is 0.350 e. The average Bonchev–Trinajstić information content (AvgIpc) is 2.83. The van der Waals surface area contributed by atoms with E-state index in [1.807, 2.05) is 38.1 Å². The van der Waals surface area contributed by atoms with Gasteiger partial charge in [-0.15, -0.1) is 0 Å². The molecule has 128 valence electrons. The summed E-state index contributed by atoms with van der Waals surface area (Å²) < 4.78 is 13.2. The number of nitrogens with zero attached hydrogens (tertiary/aromatic N) is 1. The number of amides is 2. The van der Waals surface area contributed by atoms with Crippen LogP contribution < -0.4 is 5.32 Å². The third kappa shape index (κ3) is 3.31. The molecule has 0 aliphatic carbocycles. The van der Waals surface area contributed by atoms with Gasteiger partial charge in [-0.2, -0.15) is 0 Å². The molecule has 0 saturated carbocycles. The lowest BCUT2D eigenvalue weighted by Gasteiger charge is -2.13. The number of carbonyl (C=O) groups is 2. The molecule has 3 rings (SSSR count). The Kier molecular flexibility index (Phi) is 4.65. The zero-order chi connectivity index (χ0) is 18.0. The Bertz CT molecular complexity index is 839. The minimum Gasteiger partial charge on any atom is -0.350 e. The summed E-state index contributed by atoms with van der Waals surface area (Å²) in [6.45, 7) is 4.23. The lowest BCUT2D eigenvalue weighted by Crippen LogP contribution is -2.33. The van der Waals surface area contributed by atoms with Gasteiger partial charge in [0.05, 0.1) is 5.57 Å². The van der Waals surface area contributed by atoms with Gasteiger partial charge in [0, 0.05) is 12.2 Å². The topological polar surface area (TPSA) is 49.4 Å². The second kappa shape index (κ2) is 6.89. The van der Waals surface area contributed by atoms with Gasteiger partial charge in [-0.25, -0.2) is 4.39 Å². The summed E-state index contributed by atoms with van der Waals surface area (Å²) in [4.78, 5) is 26.7. The summed E-state index contributed by atoms with van der Waals surface area (Å²) >= 11 is 0. The Hall–Kier alpha value is -2.95. The zero-order valence-electron chi connectivity index (χ0n) is 14.2. The molecule has 1 heterocycles. The maximum absolute atomic E-state index is 13.2. The molecule has 5 heteroatoms. The molecule has 2 aromatic carbocycles. The number of carbonyl (C=O) groups excluding carboxylic acids is 2. The van der Waals surface area contributed by atoms with Crippen LogP contribution >= 0.6 is 0 Å². The number of benzene rings is 2. The van der Waals surface area contributed by atoms with Gasteiger partial charge in [0.15, 0.2) is 0 Å². The zero-order valence-corrected chi connectivity index (χ0v) is 14.2. The van der Waals surface area contributed by atoms with E-state index in [1.54, 1.807) is 0 Å². The Morgan fingerprint density at radius 3 is 2.20 bits per heavy atom. The van der Waals surface area contributed by atoms with Gasteiger partial charge in [0.2, 0.25) is 0 Å². The predicted octanol–water partition coefficient (Wildman–Crippen LogP) is 3.74. The van der Waals surface area contributed by atoms with Gasteiger partial charge in [-0.3, -0.25) is 14.5 Å². The maximum Gasteiger partial charge on any atom is 0.278 e. The molecule has 0 aromatic heterocycles. The molecule has 0 saturated heterocycles. The molecular formula is C20H19FN2O2. The Morgan fingerprint density at radius 1 is 0.960 bits per heavy atom. The molecule has 1 N–H and O–H groups in total. The van der Waals surface area contributed by atoms with Crippen LogP contribution in [0.25, 0.3) is 5.57 Å². The molecule has 2 amide bonds. The molecule has 0 bridgehead atoms. The number of hydrogen-bond donors (Lipinski definition) is 1. The summed E-state index contributed by atoms with van der Waals surface area (Å²) in [5.74, 6) is -1.10. The van der Waals surface area contributed by atoms with Crippen LogP contribution in [0.1, 0.15) is 24.5 Å². The average molecular weight is 338 g/mol. The second-order valence-electron chi connectivity index (χ2n) is 6.01. The smallest absolute Gasteiger partial charge is 0.278 e. The standard InChI is InChI=1S/C20H19FN2O2/c1-3-12-23-19(24)17(14-6-8-15(21)9-7-14)18(20(23)25)22-16-10-4-13(2)5-11-16/h4-11,22H,3,12H2,1-2H3. The van der Waals surface area contributed by atoms with Gasteiger partial charge < -0.3 is 5.32 Å². The van der Waals surface area contributed by atoms with E-state index in [1.165, 1.54) is 29.2 Å². The SMILES string of the molecule is CCCN1C(=O)C(Nc2ccc(C)cc2)=C(c2ccc(F)cc2)C1=O. The van der Waals surface area contributed by atoms with Crippen molar-refractivity contribution in [3.05, 3.63) is 71.2 Å². The van der Waals surface area contributed by atoms with Crippen molar-refractivity contribution in [2.24, 2.45) is 0 Å². The first-order valence-electron chi connectivity index (χ1n) is 8.21. The highest BCUT2D eigenvalue weighted by atomic mass is 19.1. The summed E-state index contributed by atoms with van der Waals surface area (Å²) in [7, 11) is 0. The maximum atomic E-state index is 13.2. The van der Waals surface area contributed by atoms with E-state index < -0.39 is 0 Å². The fourth-order valence-electron chi connectivity index (χ4n) is 2.78. The van der Waals surface area contributed by atoms with E-state index in [0.717, 1.165) is 11.3 Å². The van der Waals surface area contributed by atoms with E-state index in [9.17, 15) is 14.0 Å². The first kappa shape index (κ1) is 16.9. The fourth-order valence-corrected chi connectivity index (χ4v) is 2.78. The minimum atomic E-state index is -0.389. The predicted molar refractivity (Wildman–Crippen MR) is 95.1 cm³/mol. The van der Waals surface area contributed by atoms with Crippen molar-refractivity contribution in [1.29, 1.82) is 0 Å². The normalized spacial score (nSPS) is 14.4. The number of imide groups is 1. The number of rotatable bonds is 5. The number of halogens is 1. The Labute approximate surface area is 146 Å². The number of aryl methyl sites for hydroxylation is 1. The van der Waals surface area contributed by atoms with Crippen LogP contribution in [0, 0.1) is 12.7 Å². The van der Waals surface area contributed by atoms with Crippen LogP contribution in [0.15, 0.2) is 54.2 Å². The van der Waals surface area contributed by atoms with Crippen molar-refractivity contribution in [3.63, 3.8) is 0 Å². The van der Waals surface area contributed by atoms with Crippen LogP contribution in [0.5, 0.6) is 0 Å². The molecule has 2 aromatic rings. The quantitative estimate of drug-likeness (QED) is 0.845. The van der Waals surface area contributed by atoms with Crippen LogP contribution in [-0.4, -0.2) is 23.3 Å². The first-order valence-corrected chi connectivity index (χ1v) is 8.21. The molecule has 1 aliphatic heterocycles. The summed E-state index contributed by atoms with van der Waals surface area (Å²) in [5, 5.41) is 3.07. The fraction of sp³-hybridized carbons (Fsp3) is 0.200. The van der Waals surface area contributed by atoms with Crippen molar-refractivity contribution < 1.29 is 14.0 Å². The van der Waals surface area contributed by atoms with Gasteiger partial charge in [-0.05, 0) is 43.2 Å². The lowest BCUT2D eigenvalue weighted by atomic mass is 10.0. The van der Waals surface area contributed by atoms with Gasteiger partial charge in [-0.1, -0.05) is 36.8 Å². The van der Waals surface area contributed by atoms with Gasteiger partial charge >= 0.3 is 0 Å². The summed E-state index contributed by atoms with van der Waals surface area (Å²) in [5.41, 5.74) is 2.85. The van der Waals surface area contributed by atoms with Crippen molar-refractivity contribution in [2.75, 3.05) is 11.9 Å². The highest BCUT2D eigenvalue weighted by molar-refractivity contribution is 6.36. The van der Waals surface area contributed by atoms with Crippen molar-refractivity contribution >= 4 is 23.1 Å². The van der Waals surface area contributed by atoms with E-state index in [-0.39, 0.29) is 28.9 Å². The van der Waals surface area contributed by atoms with E-state index in [2.05, 4.69) is 5.32 Å². The van der Waals surface area contributed by atoms with E-state index >= 15 is 0 Å². The third-order valence-electron chi connectivity index (χ3n) is 4.07. The monoisotopic (exact) mass is 338 g/mol. The Morgan fingerprint density at radius 2 is 1.60 bits per heavy atom. The first-order chi connectivity index (χ1) is 12.0. The summed E-state index contributed by atoms with van der Waals surface area (Å²) in [6, 6.07) is 13.1. The van der Waals surface area contributed by atoms with Gasteiger partial charge in [0.1, 0.15) is 11.5 Å². The molecule has 1 aliphatic rings. The van der Waals surface area contributed by atoms with Crippen LogP contribution in [-0.2, 0) is 9.59 Å². The lowest BCUT2D eigenvalue weighted by molar-refractivity contribution is -0.136. The second-order valence-corrected chi connectivity index (χ2v) is 6.01. The molecule has 0 fully saturated rings. The molecule has 0 unspecified atom stereocenters. The molecule has 25 heavy (non-hydrogen) atoms. The molecule has 0 spiro atoms. The molecule has 0 radical (unpaired) electrons. The molecule has 4 nitrogen and oxygen atoms in total. The number of hydrogen-bond acceptors (Lipinski definition) is 3. The minimum absolute atomic E-state index is 0.230. The highest BCUT2D eigenvalue weighted by Crippen LogP contribution is 2.30. The molecular weight excluding hydrogens is 319 g/mol. The van der Waals surface area contributed by atoms with Crippen LogP contribution in [0.4, 0.5) is 10.1 Å². The number of nitrogens with one attached hydrogen (secondary N) is 1. The van der Waals surface area contributed by atoms with Crippen molar-refractivity contribution in [3.8, 4) is 0 Å². The summed E-state index contributed by atoms with van der Waals surface area (Å²) in [6.07, 6.45) is 0.673. The van der Waals surface area contributed by atoms with Crippen molar-refractivity contribution in [1.82, 2.24) is 4.90 Å². The van der Waals surface area contributed by atoms with Crippen molar-refractivity contribution in [2.45, 2.75) is 20.3 Å². The Balaban J connectivity index is 2.05. The third-order valence-corrected chi connectivity index (χ3v) is 4.07. The van der Waals surface area contributed by atoms with Crippen LogP contribution in [0.3, 0.4) is 0 Å². The van der Waals surface area contributed by atoms with Crippen LogP contribution in [0.2, 0.25) is 0 Å². The highest BCUT2D eigenvalue weighted by Gasteiger charge is 2.38. The number of anilines is 1. The van der Waals surface area contributed by atoms with E-state index in [0.29, 0.717) is 18.5 Å².